The summed E-state index contributed by atoms with van der Waals surface area (Å²) in [6.07, 6.45) is 0.847. The maximum absolute atomic E-state index is 11.8. The van der Waals surface area contributed by atoms with Gasteiger partial charge in [0.25, 0.3) is 5.91 Å². The minimum atomic E-state index is -0.842. The molecule has 0 radical (unpaired) electrons. The number of benzene rings is 1. The number of halogens is 2. The minimum absolute atomic E-state index is 0.0316. The van der Waals surface area contributed by atoms with Crippen LogP contribution in [-0.4, -0.2) is 18.0 Å². The molecular formula is C13H13Cl2NO3. The van der Waals surface area contributed by atoms with Gasteiger partial charge in [-0.2, -0.15) is 0 Å². The number of esters is 1. The molecule has 0 heterocycles. The third-order valence-corrected chi connectivity index (χ3v) is 3.14. The predicted octanol–water partition coefficient (Wildman–Crippen LogP) is 3.27. The molecule has 0 aliphatic heterocycles. The zero-order valence-corrected chi connectivity index (χ0v) is 11.8. The van der Waals surface area contributed by atoms with E-state index in [4.69, 9.17) is 27.9 Å². The molecule has 0 aromatic heterocycles. The van der Waals surface area contributed by atoms with E-state index in [-0.39, 0.29) is 11.9 Å². The van der Waals surface area contributed by atoms with Gasteiger partial charge in [0.05, 0.1) is 5.92 Å². The van der Waals surface area contributed by atoms with E-state index >= 15 is 0 Å². The SMILES string of the molecule is C[C@H](OC(=O)C1CC1)C(=O)Nc1cc(Cl)cc(Cl)c1. The molecule has 1 aliphatic carbocycles. The molecule has 1 aromatic carbocycles. The Hall–Kier alpha value is -1.26. The fraction of sp³-hybridized carbons (Fsp3) is 0.385. The van der Waals surface area contributed by atoms with Crippen LogP contribution < -0.4 is 5.32 Å². The molecule has 1 amide bonds. The van der Waals surface area contributed by atoms with Gasteiger partial charge in [0.2, 0.25) is 0 Å². The second kappa shape index (κ2) is 5.80. The Morgan fingerprint density at radius 2 is 1.84 bits per heavy atom. The van der Waals surface area contributed by atoms with Crippen molar-refractivity contribution in [2.24, 2.45) is 5.92 Å². The van der Waals surface area contributed by atoms with Crippen molar-refractivity contribution in [3.8, 4) is 0 Å². The second-order valence-electron chi connectivity index (χ2n) is 4.50. The molecule has 102 valence electrons. The van der Waals surface area contributed by atoms with Gasteiger partial charge >= 0.3 is 5.97 Å². The summed E-state index contributed by atoms with van der Waals surface area (Å²) in [6, 6.07) is 4.71. The lowest BCUT2D eigenvalue weighted by molar-refractivity contribution is -0.154. The van der Waals surface area contributed by atoms with Crippen LogP contribution >= 0.6 is 23.2 Å². The van der Waals surface area contributed by atoms with Crippen molar-refractivity contribution >= 4 is 40.8 Å². The number of carbonyl (C=O) groups is 2. The molecule has 6 heteroatoms. The highest BCUT2D eigenvalue weighted by atomic mass is 35.5. The Morgan fingerprint density at radius 1 is 1.26 bits per heavy atom. The van der Waals surface area contributed by atoms with Crippen LogP contribution in [0.4, 0.5) is 5.69 Å². The average molecular weight is 302 g/mol. The molecule has 0 saturated heterocycles. The van der Waals surface area contributed by atoms with Crippen LogP contribution in [0, 0.1) is 5.92 Å². The number of hydrogen-bond donors (Lipinski definition) is 1. The summed E-state index contributed by atoms with van der Waals surface area (Å²) in [4.78, 5) is 23.3. The van der Waals surface area contributed by atoms with E-state index in [9.17, 15) is 9.59 Å². The highest BCUT2D eigenvalue weighted by molar-refractivity contribution is 6.35. The lowest BCUT2D eigenvalue weighted by Gasteiger charge is -2.13. The second-order valence-corrected chi connectivity index (χ2v) is 5.37. The molecule has 1 N–H and O–H groups in total. The molecular weight excluding hydrogens is 289 g/mol. The average Bonchev–Trinajstić information content (AvgIpc) is 3.10. The number of rotatable bonds is 4. The van der Waals surface area contributed by atoms with Crippen LogP contribution in [0.15, 0.2) is 18.2 Å². The minimum Gasteiger partial charge on any atom is -0.452 e. The number of nitrogens with one attached hydrogen (secondary N) is 1. The van der Waals surface area contributed by atoms with Crippen molar-refractivity contribution in [1.82, 2.24) is 0 Å². The maximum Gasteiger partial charge on any atom is 0.309 e. The lowest BCUT2D eigenvalue weighted by Crippen LogP contribution is -2.30. The van der Waals surface area contributed by atoms with Crippen molar-refractivity contribution in [3.63, 3.8) is 0 Å². The van der Waals surface area contributed by atoms with Gasteiger partial charge in [0.1, 0.15) is 0 Å². The van der Waals surface area contributed by atoms with Crippen LogP contribution in [0.1, 0.15) is 19.8 Å². The van der Waals surface area contributed by atoms with Crippen LogP contribution in [0.3, 0.4) is 0 Å². The Bertz CT molecular complexity index is 494. The molecule has 1 aromatic rings. The summed E-state index contributed by atoms with van der Waals surface area (Å²) in [7, 11) is 0. The standard InChI is InChI=1S/C13H13Cl2NO3/c1-7(19-13(18)8-2-3-8)12(17)16-11-5-9(14)4-10(15)6-11/h4-8H,2-3H2,1H3,(H,16,17)/t7-/m0/s1. The zero-order chi connectivity index (χ0) is 14.0. The lowest BCUT2D eigenvalue weighted by atomic mass is 10.3. The maximum atomic E-state index is 11.8. The molecule has 0 spiro atoms. The highest BCUT2D eigenvalue weighted by Crippen LogP contribution is 2.30. The predicted molar refractivity (Wildman–Crippen MR) is 73.4 cm³/mol. The molecule has 0 bridgehead atoms. The van der Waals surface area contributed by atoms with E-state index in [2.05, 4.69) is 5.32 Å². The molecule has 4 nitrogen and oxygen atoms in total. The van der Waals surface area contributed by atoms with Gasteiger partial charge in [-0.25, -0.2) is 0 Å². The summed E-state index contributed by atoms with van der Waals surface area (Å²) in [6.45, 7) is 1.53. The monoisotopic (exact) mass is 301 g/mol. The van der Waals surface area contributed by atoms with E-state index in [1.807, 2.05) is 0 Å². The first-order chi connectivity index (χ1) is 8.95. The number of anilines is 1. The Morgan fingerprint density at radius 3 is 2.37 bits per heavy atom. The number of amides is 1. The summed E-state index contributed by atoms with van der Waals surface area (Å²) in [5.74, 6) is -0.755. The molecule has 19 heavy (non-hydrogen) atoms. The van der Waals surface area contributed by atoms with Crippen LogP contribution in [0.5, 0.6) is 0 Å². The van der Waals surface area contributed by atoms with Gasteiger partial charge < -0.3 is 10.1 Å². The van der Waals surface area contributed by atoms with E-state index in [1.54, 1.807) is 18.2 Å². The number of hydrogen-bond acceptors (Lipinski definition) is 3. The summed E-state index contributed by atoms with van der Waals surface area (Å²) in [5.41, 5.74) is 0.469. The van der Waals surface area contributed by atoms with Gasteiger partial charge in [0, 0.05) is 15.7 Å². The third-order valence-electron chi connectivity index (χ3n) is 2.70. The highest BCUT2D eigenvalue weighted by Gasteiger charge is 2.33. The van der Waals surface area contributed by atoms with Crippen LogP contribution in [0.25, 0.3) is 0 Å². The first-order valence-electron chi connectivity index (χ1n) is 5.93. The molecule has 2 rings (SSSR count). The Balaban J connectivity index is 1.93. The summed E-state index contributed by atoms with van der Waals surface area (Å²) in [5, 5.41) is 3.45. The van der Waals surface area contributed by atoms with Crippen molar-refractivity contribution in [2.75, 3.05) is 5.32 Å². The smallest absolute Gasteiger partial charge is 0.309 e. The Kier molecular flexibility index (Phi) is 4.32. The molecule has 1 saturated carbocycles. The van der Waals surface area contributed by atoms with Gasteiger partial charge in [-0.1, -0.05) is 23.2 Å². The van der Waals surface area contributed by atoms with E-state index in [0.717, 1.165) is 12.8 Å². The van der Waals surface area contributed by atoms with Gasteiger partial charge in [0.15, 0.2) is 6.10 Å². The van der Waals surface area contributed by atoms with Crippen molar-refractivity contribution in [3.05, 3.63) is 28.2 Å². The molecule has 1 fully saturated rings. The zero-order valence-electron chi connectivity index (χ0n) is 10.3. The Labute approximate surface area is 121 Å². The van der Waals surface area contributed by atoms with Crippen molar-refractivity contribution in [2.45, 2.75) is 25.9 Å². The van der Waals surface area contributed by atoms with Crippen LogP contribution in [0.2, 0.25) is 10.0 Å². The first-order valence-corrected chi connectivity index (χ1v) is 6.69. The van der Waals surface area contributed by atoms with Gasteiger partial charge in [-0.15, -0.1) is 0 Å². The van der Waals surface area contributed by atoms with Crippen molar-refractivity contribution < 1.29 is 14.3 Å². The van der Waals surface area contributed by atoms with E-state index in [1.165, 1.54) is 6.92 Å². The van der Waals surface area contributed by atoms with Gasteiger partial charge in [-0.3, -0.25) is 9.59 Å². The largest absolute Gasteiger partial charge is 0.452 e. The van der Waals surface area contributed by atoms with Gasteiger partial charge in [-0.05, 0) is 38.0 Å². The van der Waals surface area contributed by atoms with Crippen molar-refractivity contribution in [1.29, 1.82) is 0 Å². The van der Waals surface area contributed by atoms with E-state index in [0.29, 0.717) is 15.7 Å². The molecule has 1 atom stereocenters. The fourth-order valence-corrected chi connectivity index (χ4v) is 2.04. The quantitative estimate of drug-likeness (QED) is 0.868. The molecule has 0 unspecified atom stereocenters. The summed E-state index contributed by atoms with van der Waals surface area (Å²) < 4.78 is 5.05. The third kappa shape index (κ3) is 4.11. The molecule has 1 aliphatic rings. The normalized spacial score (nSPS) is 15.7. The number of ether oxygens (including phenoxy) is 1. The fourth-order valence-electron chi connectivity index (χ4n) is 1.51. The summed E-state index contributed by atoms with van der Waals surface area (Å²) >= 11 is 11.7. The first kappa shape index (κ1) is 14.2. The van der Waals surface area contributed by atoms with E-state index < -0.39 is 12.0 Å². The van der Waals surface area contributed by atoms with Crippen LogP contribution in [-0.2, 0) is 14.3 Å². The number of carbonyl (C=O) groups excluding carboxylic acids is 2. The topological polar surface area (TPSA) is 55.4 Å².